The number of carbonyl (C=O) groups is 2. The summed E-state index contributed by atoms with van der Waals surface area (Å²) in [6.45, 7) is 8.69. The molecule has 5 rings (SSSR count). The first-order valence-electron chi connectivity index (χ1n) is 16.3. The molecule has 1 aromatic heterocycles. The van der Waals surface area contributed by atoms with Crippen molar-refractivity contribution in [3.63, 3.8) is 0 Å². The molecule has 264 valence electrons. The second kappa shape index (κ2) is 15.2. The summed E-state index contributed by atoms with van der Waals surface area (Å²) in [5, 5.41) is 12.0. The third-order valence-electron chi connectivity index (χ3n) is 8.73. The minimum atomic E-state index is -3.66. The number of β-amino-alcohol motifs (C(OH)–C–C–N with tert-alkyl or cyclic N) is 1. The molecule has 2 saturated heterocycles. The van der Waals surface area contributed by atoms with Crippen LogP contribution in [0.15, 0.2) is 53.4 Å². The summed E-state index contributed by atoms with van der Waals surface area (Å²) in [6, 6.07) is 10.7. The van der Waals surface area contributed by atoms with E-state index in [4.69, 9.17) is 15.5 Å². The number of aliphatic hydroxyl groups is 1. The summed E-state index contributed by atoms with van der Waals surface area (Å²) in [5.41, 5.74) is 6.29. The van der Waals surface area contributed by atoms with E-state index in [1.165, 1.54) is 16.4 Å². The molecule has 0 unspecified atom stereocenters. The Bertz CT molecular complexity index is 1780. The molecule has 49 heavy (non-hydrogen) atoms. The number of aromatic nitrogens is 1. The number of amides is 3. The SMILES string of the molecule is CCCN(C(=O)Nc1cc(C(N)=O)c(F)cc1F)C1CCN(Cc2ccc(Oc3ccc(S(=O)(=O)N4CC(O)C4)cc3)nc2C(C)C)CC1. The van der Waals surface area contributed by atoms with E-state index < -0.39 is 45.3 Å². The lowest BCUT2D eigenvalue weighted by atomic mass is 10.00. The highest BCUT2D eigenvalue weighted by atomic mass is 32.2. The van der Waals surface area contributed by atoms with Gasteiger partial charge in [-0.1, -0.05) is 26.8 Å². The Morgan fingerprint density at radius 1 is 1.08 bits per heavy atom. The van der Waals surface area contributed by atoms with Gasteiger partial charge in [-0.2, -0.15) is 4.31 Å². The number of piperidine rings is 1. The molecule has 2 aliphatic heterocycles. The molecule has 0 spiro atoms. The molecule has 2 aliphatic rings. The van der Waals surface area contributed by atoms with Crippen LogP contribution in [0.25, 0.3) is 0 Å². The Morgan fingerprint density at radius 3 is 2.35 bits per heavy atom. The van der Waals surface area contributed by atoms with Gasteiger partial charge in [-0.05, 0) is 61.1 Å². The van der Waals surface area contributed by atoms with Crippen LogP contribution < -0.4 is 15.8 Å². The number of hydrogen-bond acceptors (Lipinski definition) is 8. The quantitative estimate of drug-likeness (QED) is 0.247. The number of benzene rings is 2. The maximum absolute atomic E-state index is 14.5. The van der Waals surface area contributed by atoms with Gasteiger partial charge in [0.15, 0.2) is 0 Å². The fraction of sp³-hybridized carbons (Fsp3) is 0.441. The number of urea groups is 1. The summed E-state index contributed by atoms with van der Waals surface area (Å²) >= 11 is 0. The van der Waals surface area contributed by atoms with Crippen LogP contribution in [0.5, 0.6) is 11.6 Å². The number of anilines is 1. The van der Waals surface area contributed by atoms with E-state index in [9.17, 15) is 31.9 Å². The number of sulfonamides is 1. The number of rotatable bonds is 12. The molecular formula is C34H42F2N6O6S. The van der Waals surface area contributed by atoms with Crippen molar-refractivity contribution in [3.8, 4) is 11.6 Å². The second-order valence-electron chi connectivity index (χ2n) is 12.7. The predicted molar refractivity (Wildman–Crippen MR) is 179 cm³/mol. The number of primary amides is 1. The molecule has 15 heteroatoms. The highest BCUT2D eigenvalue weighted by molar-refractivity contribution is 7.89. The Morgan fingerprint density at radius 2 is 1.76 bits per heavy atom. The van der Waals surface area contributed by atoms with Crippen LogP contribution in [-0.2, 0) is 16.6 Å². The number of nitrogens with one attached hydrogen (secondary N) is 1. The van der Waals surface area contributed by atoms with Crippen LogP contribution in [0.4, 0.5) is 19.3 Å². The van der Waals surface area contributed by atoms with Gasteiger partial charge >= 0.3 is 6.03 Å². The molecule has 2 aromatic carbocycles. The molecule has 2 fully saturated rings. The van der Waals surface area contributed by atoms with Crippen LogP contribution in [0.1, 0.15) is 67.6 Å². The smallest absolute Gasteiger partial charge is 0.322 e. The second-order valence-corrected chi connectivity index (χ2v) is 14.6. The summed E-state index contributed by atoms with van der Waals surface area (Å²) < 4.78 is 61.0. The van der Waals surface area contributed by atoms with Crippen molar-refractivity contribution in [3.05, 3.63) is 77.0 Å². The number of nitrogens with zero attached hydrogens (tertiary/aromatic N) is 4. The lowest BCUT2D eigenvalue weighted by molar-refractivity contribution is 0.0548. The van der Waals surface area contributed by atoms with Crippen LogP contribution in [0.2, 0.25) is 0 Å². The van der Waals surface area contributed by atoms with Gasteiger partial charge < -0.3 is 25.8 Å². The largest absolute Gasteiger partial charge is 0.439 e. The topological polar surface area (TPSA) is 158 Å². The summed E-state index contributed by atoms with van der Waals surface area (Å²) in [6.07, 6.45) is 1.41. The lowest BCUT2D eigenvalue weighted by Crippen LogP contribution is -2.53. The number of carbonyl (C=O) groups excluding carboxylic acids is 2. The third kappa shape index (κ3) is 8.35. The highest BCUT2D eigenvalue weighted by Crippen LogP contribution is 2.29. The number of ether oxygens (including phenoxy) is 1. The number of pyridine rings is 1. The molecule has 0 atom stereocenters. The van der Waals surface area contributed by atoms with Crippen molar-refractivity contribution in [1.82, 2.24) is 19.1 Å². The van der Waals surface area contributed by atoms with Gasteiger partial charge in [0.25, 0.3) is 5.91 Å². The van der Waals surface area contributed by atoms with Gasteiger partial charge in [0.05, 0.1) is 27.9 Å². The van der Waals surface area contributed by atoms with E-state index in [1.807, 2.05) is 26.8 Å². The molecule has 0 saturated carbocycles. The fourth-order valence-corrected chi connectivity index (χ4v) is 7.59. The van der Waals surface area contributed by atoms with E-state index in [1.54, 1.807) is 23.1 Å². The minimum Gasteiger partial charge on any atom is -0.439 e. The van der Waals surface area contributed by atoms with Crippen molar-refractivity contribution < 1.29 is 36.6 Å². The predicted octanol–water partition coefficient (Wildman–Crippen LogP) is 4.65. The summed E-state index contributed by atoms with van der Waals surface area (Å²) in [4.78, 5) is 33.6. The molecule has 4 N–H and O–H groups in total. The molecule has 0 bridgehead atoms. The van der Waals surface area contributed by atoms with E-state index in [0.29, 0.717) is 63.1 Å². The molecule has 3 amide bonds. The van der Waals surface area contributed by atoms with Gasteiger partial charge in [0.2, 0.25) is 15.9 Å². The first kappa shape index (κ1) is 36.1. The van der Waals surface area contributed by atoms with Crippen LogP contribution in [0.3, 0.4) is 0 Å². The number of likely N-dealkylation sites (tertiary alicyclic amines) is 1. The zero-order valence-corrected chi connectivity index (χ0v) is 28.6. The lowest BCUT2D eigenvalue weighted by Gasteiger charge is -2.38. The Balaban J connectivity index is 1.20. The van der Waals surface area contributed by atoms with Gasteiger partial charge in [-0.25, -0.2) is 27.0 Å². The van der Waals surface area contributed by atoms with Crippen molar-refractivity contribution in [1.29, 1.82) is 0 Å². The molecule has 3 aromatic rings. The Labute approximate surface area is 284 Å². The first-order chi connectivity index (χ1) is 23.3. The van der Waals surface area contributed by atoms with Crippen molar-refractivity contribution >= 4 is 27.6 Å². The molecule has 0 aliphatic carbocycles. The molecule has 3 heterocycles. The van der Waals surface area contributed by atoms with Gasteiger partial charge in [-0.15, -0.1) is 0 Å². The van der Waals surface area contributed by atoms with E-state index in [0.717, 1.165) is 17.3 Å². The zero-order valence-electron chi connectivity index (χ0n) is 27.7. The standard InChI is InChI=1S/C34H42F2N6O6S/c1-4-13-42(34(45)38-30-16-27(33(37)44)28(35)17-29(30)36)23-11-14-40(15-12-23)18-22-5-10-31(39-32(22)21(2)3)48-25-6-8-26(9-7-25)49(46,47)41-19-24(43)20-41/h5-10,16-17,21,23-24,43H,4,11-15,18-20H2,1-3H3,(H2,37,44)(H,38,45). The van der Waals surface area contributed by atoms with Crippen molar-refractivity contribution in [2.24, 2.45) is 5.73 Å². The average molecular weight is 701 g/mol. The van der Waals surface area contributed by atoms with Crippen LogP contribution in [-0.4, -0.2) is 89.4 Å². The summed E-state index contributed by atoms with van der Waals surface area (Å²) in [5.74, 6) is -2.23. The van der Waals surface area contributed by atoms with Gasteiger partial charge in [0.1, 0.15) is 17.4 Å². The minimum absolute atomic E-state index is 0.0872. The molecular weight excluding hydrogens is 658 g/mol. The van der Waals surface area contributed by atoms with Crippen LogP contribution >= 0.6 is 0 Å². The van der Waals surface area contributed by atoms with E-state index in [2.05, 4.69) is 10.2 Å². The highest BCUT2D eigenvalue weighted by Gasteiger charge is 2.35. The molecule has 12 nitrogen and oxygen atoms in total. The Hall–Kier alpha value is -4.18. The van der Waals surface area contributed by atoms with E-state index >= 15 is 0 Å². The number of halogens is 2. The van der Waals surface area contributed by atoms with E-state index in [-0.39, 0.29) is 35.6 Å². The Kier molecular flexibility index (Phi) is 11.2. The van der Waals surface area contributed by atoms with Gasteiger partial charge in [-0.3, -0.25) is 9.69 Å². The summed E-state index contributed by atoms with van der Waals surface area (Å²) in [7, 11) is -3.66. The number of aliphatic hydroxyl groups excluding tert-OH is 1. The van der Waals surface area contributed by atoms with Gasteiger partial charge in [0, 0.05) is 57.4 Å². The fourth-order valence-electron chi connectivity index (χ4n) is 6.08. The number of hydrogen-bond donors (Lipinski definition) is 3. The maximum atomic E-state index is 14.5. The maximum Gasteiger partial charge on any atom is 0.322 e. The normalized spacial score (nSPS) is 16.4. The third-order valence-corrected chi connectivity index (χ3v) is 10.6. The average Bonchev–Trinajstić information content (AvgIpc) is 3.04. The van der Waals surface area contributed by atoms with Crippen molar-refractivity contribution in [2.45, 2.75) is 69.5 Å². The zero-order chi connectivity index (χ0) is 35.5. The number of nitrogens with two attached hydrogens (primary N) is 1. The molecule has 0 radical (unpaired) electrons. The van der Waals surface area contributed by atoms with Crippen LogP contribution in [0, 0.1) is 11.6 Å². The monoisotopic (exact) mass is 700 g/mol. The van der Waals surface area contributed by atoms with Crippen molar-refractivity contribution in [2.75, 3.05) is 38.0 Å². The first-order valence-corrected chi connectivity index (χ1v) is 17.8.